The van der Waals surface area contributed by atoms with Gasteiger partial charge in [-0.15, -0.1) is 0 Å². The van der Waals surface area contributed by atoms with E-state index in [1.165, 1.54) is 0 Å². The zero-order valence-electron chi connectivity index (χ0n) is 11.1. The minimum atomic E-state index is -0.337. The lowest BCUT2D eigenvalue weighted by molar-refractivity contribution is 0.0508. The Morgan fingerprint density at radius 3 is 3.00 bits per heavy atom. The first kappa shape index (κ1) is 13.7. The number of ether oxygens (including phenoxy) is 3. The van der Waals surface area contributed by atoms with Crippen molar-refractivity contribution in [3.05, 3.63) is 23.8 Å². The third-order valence-electron chi connectivity index (χ3n) is 2.83. The van der Waals surface area contributed by atoms with E-state index < -0.39 is 0 Å². The van der Waals surface area contributed by atoms with Crippen LogP contribution in [0, 0.1) is 0 Å². The predicted octanol–water partition coefficient (Wildman–Crippen LogP) is 1.96. The molecule has 0 atom stereocenters. The molecule has 0 spiro atoms. The molecule has 2 rings (SSSR count). The van der Waals surface area contributed by atoms with Crippen LogP contribution in [-0.2, 0) is 4.74 Å². The van der Waals surface area contributed by atoms with Crippen LogP contribution >= 0.6 is 0 Å². The van der Waals surface area contributed by atoms with Gasteiger partial charge in [0.25, 0.3) is 0 Å². The lowest BCUT2D eigenvalue weighted by Crippen LogP contribution is -2.22. The minimum absolute atomic E-state index is 0.204. The van der Waals surface area contributed by atoms with E-state index in [4.69, 9.17) is 14.2 Å². The molecule has 0 aromatic heterocycles. The maximum Gasteiger partial charge on any atom is 0.338 e. The first-order valence-corrected chi connectivity index (χ1v) is 6.58. The van der Waals surface area contributed by atoms with Crippen molar-refractivity contribution in [2.45, 2.75) is 19.8 Å². The van der Waals surface area contributed by atoms with Gasteiger partial charge >= 0.3 is 5.97 Å². The molecule has 0 radical (unpaired) electrons. The van der Waals surface area contributed by atoms with Crippen LogP contribution in [0.2, 0.25) is 0 Å². The molecule has 1 aliphatic rings. The highest BCUT2D eigenvalue weighted by Gasteiger charge is 2.16. The molecular weight excluding hydrogens is 246 g/mol. The van der Waals surface area contributed by atoms with Crippen LogP contribution in [0.15, 0.2) is 18.2 Å². The van der Waals surface area contributed by atoms with E-state index in [9.17, 15) is 4.79 Å². The standard InChI is InChI=1S/C14H19NO4/c1-2-3-6-15-7-8-17-14(16)11-4-5-12-13(9-11)19-10-18-12/h4-5,9,15H,2-3,6-8,10H2,1H3. The Hall–Kier alpha value is -1.75. The maximum absolute atomic E-state index is 11.8. The lowest BCUT2D eigenvalue weighted by atomic mass is 10.2. The average Bonchev–Trinajstić information content (AvgIpc) is 2.89. The van der Waals surface area contributed by atoms with Crippen molar-refractivity contribution < 1.29 is 19.0 Å². The summed E-state index contributed by atoms with van der Waals surface area (Å²) in [5.41, 5.74) is 0.484. The van der Waals surface area contributed by atoms with Gasteiger partial charge in [0.15, 0.2) is 11.5 Å². The second kappa shape index (κ2) is 6.99. The molecule has 5 heteroatoms. The number of nitrogens with one attached hydrogen (secondary N) is 1. The van der Waals surface area contributed by atoms with E-state index in [-0.39, 0.29) is 12.8 Å². The van der Waals surface area contributed by atoms with Gasteiger partial charge in [-0.25, -0.2) is 4.79 Å². The quantitative estimate of drug-likeness (QED) is 0.603. The third kappa shape index (κ3) is 3.86. The Kier molecular flexibility index (Phi) is 5.03. The van der Waals surface area contributed by atoms with E-state index in [1.54, 1.807) is 18.2 Å². The number of carbonyl (C=O) groups is 1. The van der Waals surface area contributed by atoms with Crippen LogP contribution in [0.4, 0.5) is 0 Å². The van der Waals surface area contributed by atoms with Gasteiger partial charge in [-0.1, -0.05) is 13.3 Å². The third-order valence-corrected chi connectivity index (χ3v) is 2.83. The van der Waals surface area contributed by atoms with E-state index in [0.717, 1.165) is 19.4 Å². The highest BCUT2D eigenvalue weighted by molar-refractivity contribution is 5.90. The molecule has 0 saturated heterocycles. The number of rotatable bonds is 7. The highest BCUT2D eigenvalue weighted by atomic mass is 16.7. The molecule has 0 unspecified atom stereocenters. The zero-order chi connectivity index (χ0) is 13.5. The summed E-state index contributed by atoms with van der Waals surface area (Å²) >= 11 is 0. The second-order valence-electron chi connectivity index (χ2n) is 4.31. The molecule has 1 aliphatic heterocycles. The number of fused-ring (bicyclic) bond motifs is 1. The van der Waals surface area contributed by atoms with Gasteiger partial charge in [0.2, 0.25) is 6.79 Å². The Balaban J connectivity index is 1.74. The summed E-state index contributed by atoms with van der Waals surface area (Å²) in [6.07, 6.45) is 2.29. The summed E-state index contributed by atoms with van der Waals surface area (Å²) in [6.45, 7) is 4.35. The van der Waals surface area contributed by atoms with E-state index in [2.05, 4.69) is 12.2 Å². The van der Waals surface area contributed by atoms with Crippen LogP contribution in [-0.4, -0.2) is 32.5 Å². The van der Waals surface area contributed by atoms with Crippen LogP contribution < -0.4 is 14.8 Å². The topological polar surface area (TPSA) is 56.8 Å². The Labute approximate surface area is 112 Å². The molecule has 0 aliphatic carbocycles. The van der Waals surface area contributed by atoms with Crippen molar-refractivity contribution in [2.75, 3.05) is 26.5 Å². The number of unbranched alkanes of at least 4 members (excludes halogenated alkanes) is 1. The van der Waals surface area contributed by atoms with Gasteiger partial charge in [0.05, 0.1) is 5.56 Å². The maximum atomic E-state index is 11.8. The zero-order valence-corrected chi connectivity index (χ0v) is 11.1. The highest BCUT2D eigenvalue weighted by Crippen LogP contribution is 2.32. The molecule has 0 bridgehead atoms. The van der Waals surface area contributed by atoms with Crippen molar-refractivity contribution >= 4 is 5.97 Å². The molecule has 104 valence electrons. The number of benzene rings is 1. The van der Waals surface area contributed by atoms with Crippen molar-refractivity contribution in [3.63, 3.8) is 0 Å². The van der Waals surface area contributed by atoms with Crippen molar-refractivity contribution in [2.24, 2.45) is 0 Å². The van der Waals surface area contributed by atoms with Gasteiger partial charge in [0, 0.05) is 6.54 Å². The number of esters is 1. The molecule has 1 N–H and O–H groups in total. The monoisotopic (exact) mass is 265 g/mol. The van der Waals surface area contributed by atoms with Crippen LogP contribution in [0.1, 0.15) is 30.1 Å². The Bertz CT molecular complexity index is 433. The lowest BCUT2D eigenvalue weighted by Gasteiger charge is -2.06. The fourth-order valence-electron chi connectivity index (χ4n) is 1.75. The molecule has 1 heterocycles. The summed E-state index contributed by atoms with van der Waals surface area (Å²) in [4.78, 5) is 11.8. The SMILES string of the molecule is CCCCNCCOC(=O)c1ccc2c(c1)OCO2. The molecular formula is C14H19NO4. The predicted molar refractivity (Wildman–Crippen MR) is 70.6 cm³/mol. The summed E-state index contributed by atoms with van der Waals surface area (Å²) < 4.78 is 15.6. The van der Waals surface area contributed by atoms with Crippen LogP contribution in [0.5, 0.6) is 11.5 Å². The van der Waals surface area contributed by atoms with Crippen molar-refractivity contribution in [1.82, 2.24) is 5.32 Å². The summed E-state index contributed by atoms with van der Waals surface area (Å²) in [7, 11) is 0. The number of carbonyl (C=O) groups excluding carboxylic acids is 1. The number of hydrogen-bond acceptors (Lipinski definition) is 5. The van der Waals surface area contributed by atoms with Crippen molar-refractivity contribution in [3.8, 4) is 11.5 Å². The summed E-state index contributed by atoms with van der Waals surface area (Å²) in [6, 6.07) is 5.05. The van der Waals surface area contributed by atoms with Gasteiger partial charge in [0.1, 0.15) is 6.61 Å². The van der Waals surface area contributed by atoms with E-state index in [1.807, 2.05) is 0 Å². The molecule has 5 nitrogen and oxygen atoms in total. The molecule has 19 heavy (non-hydrogen) atoms. The normalized spacial score (nSPS) is 12.5. The molecule has 1 aromatic rings. The second-order valence-corrected chi connectivity index (χ2v) is 4.31. The van der Waals surface area contributed by atoms with Crippen molar-refractivity contribution in [1.29, 1.82) is 0 Å². The Morgan fingerprint density at radius 1 is 1.32 bits per heavy atom. The fraction of sp³-hybridized carbons (Fsp3) is 0.500. The first-order chi connectivity index (χ1) is 9.31. The molecule has 0 fully saturated rings. The van der Waals surface area contributed by atoms with Gasteiger partial charge in [-0.05, 0) is 31.2 Å². The van der Waals surface area contributed by atoms with Gasteiger partial charge < -0.3 is 19.5 Å². The first-order valence-electron chi connectivity index (χ1n) is 6.58. The van der Waals surface area contributed by atoms with E-state index >= 15 is 0 Å². The molecule has 0 amide bonds. The van der Waals surface area contributed by atoms with Gasteiger partial charge in [-0.2, -0.15) is 0 Å². The minimum Gasteiger partial charge on any atom is -0.461 e. The Morgan fingerprint density at radius 2 is 2.16 bits per heavy atom. The van der Waals surface area contributed by atoms with Crippen LogP contribution in [0.25, 0.3) is 0 Å². The van der Waals surface area contributed by atoms with E-state index in [0.29, 0.717) is 30.2 Å². The summed E-state index contributed by atoms with van der Waals surface area (Å²) in [5.74, 6) is 0.920. The van der Waals surface area contributed by atoms with Crippen LogP contribution in [0.3, 0.4) is 0 Å². The average molecular weight is 265 g/mol. The largest absolute Gasteiger partial charge is 0.461 e. The van der Waals surface area contributed by atoms with Gasteiger partial charge in [-0.3, -0.25) is 0 Å². The fourth-order valence-corrected chi connectivity index (χ4v) is 1.75. The molecule has 1 aromatic carbocycles. The summed E-state index contributed by atoms with van der Waals surface area (Å²) in [5, 5.41) is 3.21. The molecule has 0 saturated carbocycles. The smallest absolute Gasteiger partial charge is 0.338 e. The number of hydrogen-bond donors (Lipinski definition) is 1.